The molecule has 27 heavy (non-hydrogen) atoms. The van der Waals surface area contributed by atoms with E-state index < -0.39 is 0 Å². The summed E-state index contributed by atoms with van der Waals surface area (Å²) in [5.41, 5.74) is 2.26. The molecule has 0 radical (unpaired) electrons. The quantitative estimate of drug-likeness (QED) is 0.723. The van der Waals surface area contributed by atoms with Gasteiger partial charge in [0.25, 0.3) is 0 Å². The summed E-state index contributed by atoms with van der Waals surface area (Å²) in [7, 11) is 0. The summed E-state index contributed by atoms with van der Waals surface area (Å²) in [5, 5.41) is 0. The van der Waals surface area contributed by atoms with Crippen LogP contribution < -0.4 is 0 Å². The highest BCUT2D eigenvalue weighted by Gasteiger charge is 2.20. The highest BCUT2D eigenvalue weighted by atomic mass is 32.2. The second-order valence-electron chi connectivity index (χ2n) is 6.61. The van der Waals surface area contributed by atoms with E-state index in [9.17, 15) is 9.18 Å². The fourth-order valence-electron chi connectivity index (χ4n) is 3.01. The van der Waals surface area contributed by atoms with E-state index in [0.717, 1.165) is 44.0 Å². The third-order valence-electron chi connectivity index (χ3n) is 4.61. The summed E-state index contributed by atoms with van der Waals surface area (Å²) < 4.78 is 12.9. The molecule has 1 heterocycles. The minimum Gasteiger partial charge on any atom is -0.339 e. The van der Waals surface area contributed by atoms with Gasteiger partial charge in [0.15, 0.2) is 0 Å². The van der Waals surface area contributed by atoms with E-state index >= 15 is 0 Å². The lowest BCUT2D eigenvalue weighted by Gasteiger charge is -2.34. The van der Waals surface area contributed by atoms with Crippen molar-refractivity contribution < 1.29 is 9.18 Å². The molecule has 0 aromatic heterocycles. The van der Waals surface area contributed by atoms with Gasteiger partial charge >= 0.3 is 0 Å². The number of benzene rings is 2. The predicted octanol–water partition coefficient (Wildman–Crippen LogP) is 3.92. The van der Waals surface area contributed by atoms with E-state index in [-0.39, 0.29) is 11.7 Å². The molecule has 0 saturated carbocycles. The van der Waals surface area contributed by atoms with Gasteiger partial charge in [-0.2, -0.15) is 0 Å². The van der Waals surface area contributed by atoms with Gasteiger partial charge in [0, 0.05) is 38.5 Å². The molecule has 0 spiro atoms. The van der Waals surface area contributed by atoms with Gasteiger partial charge in [-0.15, -0.1) is 11.8 Å². The lowest BCUT2D eigenvalue weighted by Crippen LogP contribution is -2.49. The molecule has 2 aromatic carbocycles. The average molecular weight is 385 g/mol. The molecule has 1 fully saturated rings. The van der Waals surface area contributed by atoms with Gasteiger partial charge in [-0.1, -0.05) is 54.6 Å². The van der Waals surface area contributed by atoms with Crippen LogP contribution in [0, 0.1) is 5.82 Å². The Morgan fingerprint density at radius 1 is 1.00 bits per heavy atom. The van der Waals surface area contributed by atoms with Gasteiger partial charge in [-0.3, -0.25) is 9.69 Å². The van der Waals surface area contributed by atoms with Crippen molar-refractivity contribution in [2.24, 2.45) is 0 Å². The first kappa shape index (κ1) is 19.6. The standard InChI is InChI=1S/C22H25FN2OS/c23-21-10-8-20(9-11-21)17-27-18-22(26)25-15-13-24(14-16-25)12-4-7-19-5-2-1-3-6-19/h1-11H,12-18H2/b7-4+. The van der Waals surface area contributed by atoms with Gasteiger partial charge in [0.1, 0.15) is 5.82 Å². The fourth-order valence-corrected chi connectivity index (χ4v) is 3.90. The molecule has 2 aromatic rings. The number of hydrogen-bond acceptors (Lipinski definition) is 3. The van der Waals surface area contributed by atoms with Crippen LogP contribution in [0.1, 0.15) is 11.1 Å². The molecular formula is C22H25FN2OS. The molecule has 0 bridgehead atoms. The zero-order valence-electron chi connectivity index (χ0n) is 15.4. The first-order chi connectivity index (χ1) is 13.2. The lowest BCUT2D eigenvalue weighted by atomic mass is 10.2. The van der Waals surface area contributed by atoms with Gasteiger partial charge in [-0.25, -0.2) is 4.39 Å². The summed E-state index contributed by atoms with van der Waals surface area (Å²) in [5.74, 6) is 1.18. The zero-order chi connectivity index (χ0) is 18.9. The van der Waals surface area contributed by atoms with Crippen molar-refractivity contribution >= 4 is 23.7 Å². The molecule has 0 unspecified atom stereocenters. The zero-order valence-corrected chi connectivity index (χ0v) is 16.2. The molecule has 1 aliphatic rings. The second-order valence-corrected chi connectivity index (χ2v) is 7.60. The smallest absolute Gasteiger partial charge is 0.232 e. The molecule has 0 aliphatic carbocycles. The van der Waals surface area contributed by atoms with Crippen LogP contribution in [0.15, 0.2) is 60.7 Å². The third kappa shape index (κ3) is 6.52. The summed E-state index contributed by atoms with van der Waals surface area (Å²) in [6, 6.07) is 16.8. The maximum absolute atomic E-state index is 12.9. The molecule has 0 atom stereocenters. The maximum atomic E-state index is 12.9. The largest absolute Gasteiger partial charge is 0.339 e. The van der Waals surface area contributed by atoms with Crippen LogP contribution in [0.25, 0.3) is 6.08 Å². The number of carbonyl (C=O) groups is 1. The van der Waals surface area contributed by atoms with Gasteiger partial charge in [0.05, 0.1) is 5.75 Å². The van der Waals surface area contributed by atoms with Crippen molar-refractivity contribution in [3.63, 3.8) is 0 Å². The summed E-state index contributed by atoms with van der Waals surface area (Å²) in [6.07, 6.45) is 4.33. The summed E-state index contributed by atoms with van der Waals surface area (Å²) in [6.45, 7) is 4.31. The summed E-state index contributed by atoms with van der Waals surface area (Å²) in [4.78, 5) is 16.7. The number of carbonyl (C=O) groups excluding carboxylic acids is 1. The van der Waals surface area contributed by atoms with Crippen LogP contribution in [0.5, 0.6) is 0 Å². The third-order valence-corrected chi connectivity index (χ3v) is 5.59. The average Bonchev–Trinajstić information content (AvgIpc) is 2.71. The minimum atomic E-state index is -0.226. The Kier molecular flexibility index (Phi) is 7.48. The normalized spacial score (nSPS) is 15.4. The van der Waals surface area contributed by atoms with Crippen LogP contribution >= 0.6 is 11.8 Å². The van der Waals surface area contributed by atoms with Crippen molar-refractivity contribution in [3.8, 4) is 0 Å². The van der Waals surface area contributed by atoms with E-state index in [1.165, 1.54) is 17.7 Å². The number of nitrogens with zero attached hydrogens (tertiary/aromatic N) is 2. The Labute approximate surface area is 164 Å². The van der Waals surface area contributed by atoms with Gasteiger partial charge in [-0.05, 0) is 23.3 Å². The topological polar surface area (TPSA) is 23.6 Å². The summed E-state index contributed by atoms with van der Waals surface area (Å²) >= 11 is 1.59. The Balaban J connectivity index is 1.34. The van der Waals surface area contributed by atoms with Crippen LogP contribution in [-0.4, -0.2) is 54.2 Å². The van der Waals surface area contributed by atoms with Crippen molar-refractivity contribution in [2.45, 2.75) is 5.75 Å². The van der Waals surface area contributed by atoms with Gasteiger partial charge in [0.2, 0.25) is 5.91 Å². The monoisotopic (exact) mass is 384 g/mol. The van der Waals surface area contributed by atoms with Crippen LogP contribution in [-0.2, 0) is 10.5 Å². The Morgan fingerprint density at radius 2 is 1.70 bits per heavy atom. The Hall–Kier alpha value is -2.11. The van der Waals surface area contributed by atoms with E-state index in [1.54, 1.807) is 23.9 Å². The SMILES string of the molecule is O=C(CSCc1ccc(F)cc1)N1CCN(C/C=C/c2ccccc2)CC1. The fraction of sp³-hybridized carbons (Fsp3) is 0.318. The molecule has 1 saturated heterocycles. The second kappa shape index (κ2) is 10.3. The van der Waals surface area contributed by atoms with E-state index in [4.69, 9.17) is 0 Å². The number of rotatable bonds is 7. The van der Waals surface area contributed by atoms with Crippen LogP contribution in [0.2, 0.25) is 0 Å². The van der Waals surface area contributed by atoms with Crippen LogP contribution in [0.4, 0.5) is 4.39 Å². The van der Waals surface area contributed by atoms with Crippen molar-refractivity contribution in [2.75, 3.05) is 38.5 Å². The van der Waals surface area contributed by atoms with Crippen molar-refractivity contribution in [1.82, 2.24) is 9.80 Å². The van der Waals surface area contributed by atoms with E-state index in [2.05, 4.69) is 29.2 Å². The molecule has 5 heteroatoms. The Bertz CT molecular complexity index is 741. The number of amides is 1. The molecular weight excluding hydrogens is 359 g/mol. The number of thioether (sulfide) groups is 1. The lowest BCUT2D eigenvalue weighted by molar-refractivity contribution is -0.129. The molecule has 3 nitrogen and oxygen atoms in total. The maximum Gasteiger partial charge on any atom is 0.232 e. The van der Waals surface area contributed by atoms with Gasteiger partial charge < -0.3 is 4.90 Å². The first-order valence-corrected chi connectivity index (χ1v) is 10.4. The molecule has 3 rings (SSSR count). The molecule has 142 valence electrons. The number of halogens is 1. The first-order valence-electron chi connectivity index (χ1n) is 9.24. The van der Waals surface area contributed by atoms with Crippen molar-refractivity contribution in [1.29, 1.82) is 0 Å². The van der Waals surface area contributed by atoms with Crippen LogP contribution in [0.3, 0.4) is 0 Å². The van der Waals surface area contributed by atoms with Crippen molar-refractivity contribution in [3.05, 3.63) is 77.6 Å². The predicted molar refractivity (Wildman–Crippen MR) is 111 cm³/mol. The minimum absolute atomic E-state index is 0.196. The highest BCUT2D eigenvalue weighted by Crippen LogP contribution is 2.14. The Morgan fingerprint density at radius 3 is 2.41 bits per heavy atom. The highest BCUT2D eigenvalue weighted by molar-refractivity contribution is 7.99. The van der Waals surface area contributed by atoms with E-state index in [0.29, 0.717) is 5.75 Å². The van der Waals surface area contributed by atoms with E-state index in [1.807, 2.05) is 23.1 Å². The molecule has 1 amide bonds. The molecule has 1 aliphatic heterocycles. The number of piperazine rings is 1. The molecule has 0 N–H and O–H groups in total. The number of hydrogen-bond donors (Lipinski definition) is 0.